The van der Waals surface area contributed by atoms with Gasteiger partial charge in [0.15, 0.2) is 6.10 Å². The smallest absolute Gasteiger partial charge is 0.326 e. The Morgan fingerprint density at radius 2 is 1.70 bits per heavy atom. The molecule has 40 heavy (non-hydrogen) atoms. The highest BCUT2D eigenvalue weighted by Gasteiger charge is 2.24. The fraction of sp³-hybridized carbons (Fsp3) is 0.188. The normalized spacial score (nSPS) is 13.1. The molecule has 8 nitrogen and oxygen atoms in total. The predicted octanol–water partition coefficient (Wildman–Crippen LogP) is 4.43. The Bertz CT molecular complexity index is 1790. The van der Waals surface area contributed by atoms with Gasteiger partial charge in [0.25, 0.3) is 5.56 Å². The van der Waals surface area contributed by atoms with Crippen LogP contribution in [0, 0.1) is 0 Å². The van der Waals surface area contributed by atoms with Crippen molar-refractivity contribution in [3.05, 3.63) is 119 Å². The first-order valence-corrected chi connectivity index (χ1v) is 13.1. The van der Waals surface area contributed by atoms with Crippen LogP contribution in [-0.2, 0) is 22.6 Å². The van der Waals surface area contributed by atoms with Crippen molar-refractivity contribution in [3.8, 4) is 5.75 Å². The third kappa shape index (κ3) is 5.16. The van der Waals surface area contributed by atoms with E-state index in [0.717, 1.165) is 27.7 Å². The fourth-order valence-electron chi connectivity index (χ4n) is 5.05. The number of fused-ring (bicyclic) bond motifs is 3. The van der Waals surface area contributed by atoms with E-state index >= 15 is 0 Å². The second-order valence-corrected chi connectivity index (χ2v) is 9.77. The summed E-state index contributed by atoms with van der Waals surface area (Å²) in [5.74, 6) is 1.00. The maximum absolute atomic E-state index is 13.1. The van der Waals surface area contributed by atoms with Crippen molar-refractivity contribution in [1.82, 2.24) is 14.5 Å². The van der Waals surface area contributed by atoms with E-state index < -0.39 is 12.1 Å². The number of hydrogen-bond donors (Lipinski definition) is 0. The molecule has 1 atom stereocenters. The van der Waals surface area contributed by atoms with Crippen molar-refractivity contribution in [2.24, 2.45) is 4.99 Å². The van der Waals surface area contributed by atoms with Crippen LogP contribution in [0.25, 0.3) is 21.7 Å². The van der Waals surface area contributed by atoms with Crippen LogP contribution in [0.15, 0.2) is 107 Å². The van der Waals surface area contributed by atoms with Gasteiger partial charge in [-0.15, -0.1) is 0 Å². The van der Waals surface area contributed by atoms with Gasteiger partial charge in [0.2, 0.25) is 0 Å². The van der Waals surface area contributed by atoms with Crippen LogP contribution in [-0.4, -0.2) is 52.6 Å². The molecule has 0 amide bonds. The molecule has 1 aliphatic rings. The van der Waals surface area contributed by atoms with Crippen molar-refractivity contribution < 1.29 is 14.3 Å². The molecule has 2 heterocycles. The molecule has 0 radical (unpaired) electrons. The van der Waals surface area contributed by atoms with Crippen LogP contribution < -0.4 is 10.3 Å². The lowest BCUT2D eigenvalue weighted by atomic mass is 10.1. The monoisotopic (exact) mass is 532 g/mol. The summed E-state index contributed by atoms with van der Waals surface area (Å²) in [6.07, 6.45) is 0.750. The molecule has 1 aliphatic heterocycles. The van der Waals surface area contributed by atoms with Gasteiger partial charge in [-0.2, -0.15) is 0 Å². The fourth-order valence-corrected chi connectivity index (χ4v) is 5.05. The van der Waals surface area contributed by atoms with Gasteiger partial charge in [0, 0.05) is 18.0 Å². The van der Waals surface area contributed by atoms with Crippen molar-refractivity contribution >= 4 is 33.5 Å². The number of nitrogens with zero attached hydrogens (tertiary/aromatic N) is 4. The molecule has 0 fully saturated rings. The van der Waals surface area contributed by atoms with Gasteiger partial charge in [-0.05, 0) is 29.1 Å². The number of amidine groups is 1. The molecule has 0 spiro atoms. The number of carbonyl (C=O) groups excluding carboxylic acids is 1. The van der Waals surface area contributed by atoms with E-state index in [-0.39, 0.29) is 18.7 Å². The average Bonchev–Trinajstić information content (AvgIpc) is 3.42. The molecule has 200 valence electrons. The molecular formula is C32H28N4O4. The Balaban J connectivity index is 1.22. The van der Waals surface area contributed by atoms with Crippen molar-refractivity contribution in [1.29, 1.82) is 0 Å². The number of likely N-dealkylation sites (N-methyl/N-ethyl adjacent to an activating group) is 1. The number of carbonyl (C=O) groups is 1. The van der Waals surface area contributed by atoms with Gasteiger partial charge < -0.3 is 14.4 Å². The highest BCUT2D eigenvalue weighted by Crippen LogP contribution is 2.26. The molecule has 0 aliphatic carbocycles. The van der Waals surface area contributed by atoms with Gasteiger partial charge in [0.05, 0.1) is 30.3 Å². The van der Waals surface area contributed by atoms with Crippen molar-refractivity contribution in [2.45, 2.75) is 19.2 Å². The van der Waals surface area contributed by atoms with E-state index in [2.05, 4.69) is 11.1 Å². The van der Waals surface area contributed by atoms with Crippen molar-refractivity contribution in [3.63, 3.8) is 0 Å². The Labute approximate surface area is 231 Å². The van der Waals surface area contributed by atoms with Gasteiger partial charge in [-0.25, -0.2) is 4.98 Å². The van der Waals surface area contributed by atoms with E-state index in [0.29, 0.717) is 29.7 Å². The summed E-state index contributed by atoms with van der Waals surface area (Å²) in [5, 5.41) is 2.49. The Hall–Kier alpha value is -4.98. The van der Waals surface area contributed by atoms with E-state index in [1.54, 1.807) is 18.2 Å². The summed E-state index contributed by atoms with van der Waals surface area (Å²) in [6, 6.07) is 29.0. The Morgan fingerprint density at radius 3 is 2.60 bits per heavy atom. The van der Waals surface area contributed by atoms with Gasteiger partial charge >= 0.3 is 5.97 Å². The highest BCUT2D eigenvalue weighted by molar-refractivity contribution is 6.01. The number of para-hydroxylation sites is 1. The topological polar surface area (TPSA) is 86.0 Å². The lowest BCUT2D eigenvalue weighted by Crippen LogP contribution is -2.40. The van der Waals surface area contributed by atoms with Crippen LogP contribution in [0.5, 0.6) is 5.75 Å². The zero-order valence-electron chi connectivity index (χ0n) is 22.1. The van der Waals surface area contributed by atoms with Gasteiger partial charge in [0.1, 0.15) is 24.7 Å². The standard InChI is InChI=1S/C32H28N4O4/c1-35(31-26-13-5-3-10-23(26)17-33-31)18-24(20-39-29-16-8-11-22-9-2-4-12-25(22)29)40-30(37)19-36-21-34-28-15-7-6-14-27(28)32(36)38/h2-16,21,24H,17-20H2,1H3. The zero-order chi connectivity index (χ0) is 27.5. The molecule has 0 saturated heterocycles. The molecule has 0 N–H and O–H groups in total. The second kappa shape index (κ2) is 11.0. The summed E-state index contributed by atoms with van der Waals surface area (Å²) in [5.41, 5.74) is 2.52. The summed E-state index contributed by atoms with van der Waals surface area (Å²) in [6.45, 7) is 0.845. The third-order valence-electron chi connectivity index (χ3n) is 7.00. The number of aromatic nitrogens is 2. The maximum Gasteiger partial charge on any atom is 0.326 e. The minimum atomic E-state index is -0.629. The highest BCUT2D eigenvalue weighted by atomic mass is 16.6. The lowest BCUT2D eigenvalue weighted by molar-refractivity contribution is -0.151. The first-order chi connectivity index (χ1) is 19.6. The number of hydrogen-bond acceptors (Lipinski definition) is 7. The van der Waals surface area contributed by atoms with Crippen LogP contribution >= 0.6 is 0 Å². The minimum Gasteiger partial charge on any atom is -0.489 e. The number of rotatable bonds is 8. The summed E-state index contributed by atoms with van der Waals surface area (Å²) in [7, 11) is 1.93. The molecule has 0 bridgehead atoms. The molecule has 0 saturated carbocycles. The first-order valence-electron chi connectivity index (χ1n) is 13.1. The molecule has 1 unspecified atom stereocenters. The molecule has 5 aromatic rings. The maximum atomic E-state index is 13.1. The van der Waals surface area contributed by atoms with E-state index in [4.69, 9.17) is 14.5 Å². The van der Waals surface area contributed by atoms with E-state index in [9.17, 15) is 9.59 Å². The number of ether oxygens (including phenoxy) is 2. The largest absolute Gasteiger partial charge is 0.489 e. The average molecular weight is 533 g/mol. The Morgan fingerprint density at radius 1 is 0.950 bits per heavy atom. The number of benzene rings is 4. The van der Waals surface area contributed by atoms with Crippen LogP contribution in [0.3, 0.4) is 0 Å². The molecular weight excluding hydrogens is 504 g/mol. The van der Waals surface area contributed by atoms with Crippen LogP contribution in [0.1, 0.15) is 11.1 Å². The SMILES string of the molecule is CN(CC(COc1cccc2ccccc12)OC(=O)Cn1cnc2ccccc2c1=O)C1=NCc2ccccc21. The predicted molar refractivity (Wildman–Crippen MR) is 155 cm³/mol. The molecule has 8 heteroatoms. The lowest BCUT2D eigenvalue weighted by Gasteiger charge is -2.26. The summed E-state index contributed by atoms with van der Waals surface area (Å²) >= 11 is 0. The number of aliphatic imine (C=N–C) groups is 1. The summed E-state index contributed by atoms with van der Waals surface area (Å²) < 4.78 is 13.4. The van der Waals surface area contributed by atoms with Crippen molar-refractivity contribution in [2.75, 3.05) is 20.2 Å². The molecule has 4 aromatic carbocycles. The molecule has 1 aromatic heterocycles. The molecule has 6 rings (SSSR count). The van der Waals surface area contributed by atoms with Gasteiger partial charge in [-0.3, -0.25) is 19.1 Å². The van der Waals surface area contributed by atoms with Crippen LogP contribution in [0.2, 0.25) is 0 Å². The number of esters is 1. The zero-order valence-corrected chi connectivity index (χ0v) is 22.1. The van der Waals surface area contributed by atoms with E-state index in [1.165, 1.54) is 10.9 Å². The first kappa shape index (κ1) is 25.3. The third-order valence-corrected chi connectivity index (χ3v) is 7.00. The van der Waals surface area contributed by atoms with E-state index in [1.807, 2.05) is 78.7 Å². The quantitative estimate of drug-likeness (QED) is 0.275. The Kier molecular flexibility index (Phi) is 6.97. The van der Waals surface area contributed by atoms with Gasteiger partial charge in [-0.1, -0.05) is 72.8 Å². The minimum absolute atomic E-state index is 0.129. The van der Waals surface area contributed by atoms with Crippen LogP contribution in [0.4, 0.5) is 0 Å². The summed E-state index contributed by atoms with van der Waals surface area (Å²) in [4.78, 5) is 37.0. The second-order valence-electron chi connectivity index (χ2n) is 9.77.